The van der Waals surface area contributed by atoms with Crippen LogP contribution in [0.3, 0.4) is 0 Å². The van der Waals surface area contributed by atoms with Crippen molar-refractivity contribution in [3.05, 3.63) is 47.0 Å². The summed E-state index contributed by atoms with van der Waals surface area (Å²) in [6, 6.07) is 8.86. The molecule has 0 fully saturated rings. The van der Waals surface area contributed by atoms with E-state index in [0.29, 0.717) is 0 Å². The van der Waals surface area contributed by atoms with Crippen LogP contribution in [0.4, 0.5) is 0 Å². The van der Waals surface area contributed by atoms with Gasteiger partial charge < -0.3 is 19.8 Å². The van der Waals surface area contributed by atoms with Crippen LogP contribution in [0, 0.1) is 0 Å². The maximum absolute atomic E-state index is 12.2. The molecule has 5 heteroatoms. The van der Waals surface area contributed by atoms with Crippen molar-refractivity contribution < 1.29 is 24.6 Å². The summed E-state index contributed by atoms with van der Waals surface area (Å²) in [6.07, 6.45) is -0.534. The summed E-state index contributed by atoms with van der Waals surface area (Å²) in [5.41, 5.74) is -0.166. The highest BCUT2D eigenvalue weighted by atomic mass is 16.4. The van der Waals surface area contributed by atoms with Gasteiger partial charge in [-0.3, -0.25) is 4.79 Å². The number of benzene rings is 1. The largest absolute Gasteiger partial charge is 0.545 e. The highest BCUT2D eigenvalue weighted by molar-refractivity contribution is 6.02. The molecule has 112 valence electrons. The molecule has 1 rings (SSSR count). The van der Waals surface area contributed by atoms with Crippen molar-refractivity contribution in [3.63, 3.8) is 0 Å². The summed E-state index contributed by atoms with van der Waals surface area (Å²) < 4.78 is 0. The zero-order valence-electron chi connectivity index (χ0n) is 11.9. The normalized spacial score (nSPS) is 13.2. The molecule has 1 unspecified atom stereocenters. The summed E-state index contributed by atoms with van der Waals surface area (Å²) in [6.45, 7) is 3.13. The third-order valence-corrected chi connectivity index (χ3v) is 3.34. The lowest BCUT2D eigenvalue weighted by atomic mass is 9.91. The fourth-order valence-corrected chi connectivity index (χ4v) is 2.04. The van der Waals surface area contributed by atoms with Crippen molar-refractivity contribution in [2.24, 2.45) is 0 Å². The van der Waals surface area contributed by atoms with Crippen molar-refractivity contribution in [1.82, 2.24) is 0 Å². The summed E-state index contributed by atoms with van der Waals surface area (Å²) in [5.74, 6) is -4.14. The Bertz CT molecular complexity index is 572. The van der Waals surface area contributed by atoms with Crippen LogP contribution >= 0.6 is 0 Å². The van der Waals surface area contributed by atoms with Gasteiger partial charge in [-0.15, -0.1) is 0 Å². The molecular formula is C16H16O5-2. The lowest BCUT2D eigenvalue weighted by molar-refractivity contribution is -0.304. The van der Waals surface area contributed by atoms with Crippen LogP contribution < -0.4 is 10.2 Å². The zero-order valence-corrected chi connectivity index (χ0v) is 11.9. The minimum absolute atomic E-state index is 0.0430. The summed E-state index contributed by atoms with van der Waals surface area (Å²) in [5, 5.41) is 22.0. The van der Waals surface area contributed by atoms with Crippen molar-refractivity contribution >= 4 is 17.7 Å². The van der Waals surface area contributed by atoms with Crippen LogP contribution in [0.25, 0.3) is 0 Å². The van der Waals surface area contributed by atoms with Gasteiger partial charge in [-0.25, -0.2) is 0 Å². The fraction of sp³-hybridized carbons (Fsp3) is 0.312. The van der Waals surface area contributed by atoms with Gasteiger partial charge in [0.25, 0.3) is 0 Å². The predicted molar refractivity (Wildman–Crippen MR) is 71.8 cm³/mol. The van der Waals surface area contributed by atoms with E-state index in [1.807, 2.05) is 0 Å². The van der Waals surface area contributed by atoms with Gasteiger partial charge in [0.1, 0.15) is 5.78 Å². The van der Waals surface area contributed by atoms with Crippen LogP contribution in [-0.4, -0.2) is 17.7 Å². The van der Waals surface area contributed by atoms with Crippen molar-refractivity contribution in [1.29, 1.82) is 0 Å². The molecule has 0 radical (unpaired) electrons. The Labute approximate surface area is 122 Å². The van der Waals surface area contributed by atoms with Gasteiger partial charge in [-0.1, -0.05) is 44.2 Å². The lowest BCUT2D eigenvalue weighted by Crippen LogP contribution is -2.33. The Morgan fingerprint density at radius 3 is 1.95 bits per heavy atom. The van der Waals surface area contributed by atoms with E-state index in [1.54, 1.807) is 37.3 Å². The van der Waals surface area contributed by atoms with Gasteiger partial charge in [0.15, 0.2) is 0 Å². The molecule has 0 saturated carbocycles. The molecule has 0 saturated heterocycles. The van der Waals surface area contributed by atoms with Crippen LogP contribution in [-0.2, 0) is 14.4 Å². The first-order valence-corrected chi connectivity index (χ1v) is 6.60. The van der Waals surface area contributed by atoms with Crippen LogP contribution in [0.15, 0.2) is 41.5 Å². The number of ketones is 1. The summed E-state index contributed by atoms with van der Waals surface area (Å²) >= 11 is 0. The van der Waals surface area contributed by atoms with Crippen molar-refractivity contribution in [3.8, 4) is 0 Å². The van der Waals surface area contributed by atoms with E-state index in [2.05, 4.69) is 0 Å². The van der Waals surface area contributed by atoms with Crippen LogP contribution in [0.5, 0.6) is 0 Å². The number of hydrogen-bond acceptors (Lipinski definition) is 5. The molecule has 0 heterocycles. The molecule has 21 heavy (non-hydrogen) atoms. The highest BCUT2D eigenvalue weighted by Crippen LogP contribution is 2.21. The molecule has 0 aliphatic carbocycles. The fourth-order valence-electron chi connectivity index (χ4n) is 2.04. The van der Waals surface area contributed by atoms with Gasteiger partial charge in [0.2, 0.25) is 0 Å². The Morgan fingerprint density at radius 1 is 1.00 bits per heavy atom. The zero-order chi connectivity index (χ0) is 16.0. The monoisotopic (exact) mass is 288 g/mol. The van der Waals surface area contributed by atoms with E-state index in [-0.39, 0.29) is 12.2 Å². The predicted octanol–water partition coefficient (Wildman–Crippen LogP) is -0.0443. The molecule has 0 aliphatic heterocycles. The first kappa shape index (κ1) is 16.6. The quantitative estimate of drug-likeness (QED) is 0.655. The second-order valence-electron chi connectivity index (χ2n) is 4.66. The van der Waals surface area contributed by atoms with Gasteiger partial charge in [-0.05, 0) is 23.1 Å². The molecule has 0 amide bonds. The van der Waals surface area contributed by atoms with E-state index >= 15 is 0 Å². The second-order valence-corrected chi connectivity index (χ2v) is 4.66. The van der Waals surface area contributed by atoms with E-state index in [1.165, 1.54) is 6.92 Å². The number of aliphatic carboxylic acids is 2. The summed E-state index contributed by atoms with van der Waals surface area (Å²) in [7, 11) is 0. The standard InChI is InChI=1S/C16H18O5/c1-3-12(15(18)19)13(16(20)21)9-14(17)10(2)11-7-5-4-6-8-11/h4-8,10H,3,9H2,1-2H3,(H,18,19)(H,20,21)/p-2/b13-12+. The molecule has 0 bridgehead atoms. The van der Waals surface area contributed by atoms with E-state index in [4.69, 9.17) is 0 Å². The number of carbonyl (C=O) groups excluding carboxylic acids is 3. The molecule has 0 aromatic heterocycles. The number of carboxylic acids is 2. The number of hydrogen-bond donors (Lipinski definition) is 0. The third-order valence-electron chi connectivity index (χ3n) is 3.34. The SMILES string of the molecule is CC/C(C(=O)[O-])=C(/CC(=O)C(C)c1ccccc1)C(=O)[O-]. The maximum atomic E-state index is 12.2. The third kappa shape index (κ3) is 4.27. The Hall–Kier alpha value is -2.43. The Morgan fingerprint density at radius 2 is 1.52 bits per heavy atom. The first-order chi connectivity index (χ1) is 9.88. The molecule has 0 N–H and O–H groups in total. The van der Waals surface area contributed by atoms with Crippen LogP contribution in [0.2, 0.25) is 0 Å². The summed E-state index contributed by atoms with van der Waals surface area (Å²) in [4.78, 5) is 34.2. The topological polar surface area (TPSA) is 97.3 Å². The molecule has 0 spiro atoms. The Balaban J connectivity index is 3.03. The molecule has 1 aromatic rings. The number of rotatable bonds is 7. The number of carbonyl (C=O) groups is 3. The molecule has 5 nitrogen and oxygen atoms in total. The lowest BCUT2D eigenvalue weighted by Gasteiger charge is -2.18. The van der Waals surface area contributed by atoms with Gasteiger partial charge in [0.05, 0.1) is 11.9 Å². The molecule has 1 atom stereocenters. The van der Waals surface area contributed by atoms with Crippen molar-refractivity contribution in [2.75, 3.05) is 0 Å². The average molecular weight is 288 g/mol. The Kier molecular flexibility index (Phi) is 5.84. The number of carboxylic acid groups (broad SMARTS) is 2. The average Bonchev–Trinajstić information content (AvgIpc) is 2.46. The maximum Gasteiger partial charge on any atom is 0.144 e. The minimum Gasteiger partial charge on any atom is -0.545 e. The van der Waals surface area contributed by atoms with E-state index in [0.717, 1.165) is 5.56 Å². The molecule has 0 aliphatic rings. The molecule has 1 aromatic carbocycles. The van der Waals surface area contributed by atoms with E-state index < -0.39 is 35.4 Å². The minimum atomic E-state index is -1.65. The first-order valence-electron chi connectivity index (χ1n) is 6.60. The number of Topliss-reactive ketones (excluding diaryl/α,β-unsaturated/α-hetero) is 1. The van der Waals surface area contributed by atoms with E-state index in [9.17, 15) is 24.6 Å². The van der Waals surface area contributed by atoms with Crippen LogP contribution in [0.1, 0.15) is 38.2 Å². The van der Waals surface area contributed by atoms with Gasteiger partial charge in [0, 0.05) is 12.3 Å². The second kappa shape index (κ2) is 7.38. The highest BCUT2D eigenvalue weighted by Gasteiger charge is 2.19. The molecular weight excluding hydrogens is 272 g/mol. The smallest absolute Gasteiger partial charge is 0.144 e. The van der Waals surface area contributed by atoms with Gasteiger partial charge >= 0.3 is 0 Å². The van der Waals surface area contributed by atoms with Gasteiger partial charge in [-0.2, -0.15) is 0 Å². The van der Waals surface area contributed by atoms with Crippen molar-refractivity contribution in [2.45, 2.75) is 32.6 Å².